The highest BCUT2D eigenvalue weighted by molar-refractivity contribution is 5.23. The van der Waals surface area contributed by atoms with E-state index in [2.05, 4.69) is 31.2 Å². The van der Waals surface area contributed by atoms with E-state index >= 15 is 0 Å². The van der Waals surface area contributed by atoms with E-state index in [9.17, 15) is 0 Å². The lowest BCUT2D eigenvalue weighted by atomic mass is 10.0. The van der Waals surface area contributed by atoms with Crippen LogP contribution in [0.2, 0.25) is 0 Å². The summed E-state index contributed by atoms with van der Waals surface area (Å²) in [6.07, 6.45) is 3.95. The average Bonchev–Trinajstić information content (AvgIpc) is 2.89. The highest BCUT2D eigenvalue weighted by Crippen LogP contribution is 2.36. The first-order chi connectivity index (χ1) is 6.25. The summed E-state index contributed by atoms with van der Waals surface area (Å²) in [5.41, 5.74) is 8.68. The number of hydrogen-bond donors (Lipinski definition) is 1. The maximum Gasteiger partial charge on any atom is 0.0297 e. The molecular weight excluding hydrogens is 158 g/mol. The van der Waals surface area contributed by atoms with Gasteiger partial charge in [0.1, 0.15) is 0 Å². The minimum absolute atomic E-state index is 0.257. The van der Waals surface area contributed by atoms with Gasteiger partial charge in [-0.1, -0.05) is 42.7 Å². The van der Waals surface area contributed by atoms with Gasteiger partial charge in [0, 0.05) is 6.04 Å². The molecule has 0 unspecified atom stereocenters. The van der Waals surface area contributed by atoms with Crippen molar-refractivity contribution in [3.8, 4) is 0 Å². The SMILES string of the molecule is Cc1ccc([C@H](N)CC2CC2)cc1. The molecule has 0 radical (unpaired) electrons. The van der Waals surface area contributed by atoms with Crippen LogP contribution in [0, 0.1) is 12.8 Å². The van der Waals surface area contributed by atoms with Gasteiger partial charge in [-0.25, -0.2) is 0 Å². The Balaban J connectivity index is 2.01. The van der Waals surface area contributed by atoms with Crippen LogP contribution in [0.15, 0.2) is 24.3 Å². The quantitative estimate of drug-likeness (QED) is 0.751. The van der Waals surface area contributed by atoms with Gasteiger partial charge in [-0.2, -0.15) is 0 Å². The summed E-state index contributed by atoms with van der Waals surface area (Å²) in [6, 6.07) is 8.85. The predicted molar refractivity (Wildman–Crippen MR) is 55.4 cm³/mol. The fourth-order valence-corrected chi connectivity index (χ4v) is 1.66. The molecule has 1 aromatic rings. The summed E-state index contributed by atoms with van der Waals surface area (Å²) in [6.45, 7) is 2.11. The van der Waals surface area contributed by atoms with Crippen molar-refractivity contribution in [3.63, 3.8) is 0 Å². The molecule has 13 heavy (non-hydrogen) atoms. The zero-order valence-corrected chi connectivity index (χ0v) is 8.16. The molecule has 1 saturated carbocycles. The van der Waals surface area contributed by atoms with Crippen LogP contribution in [0.25, 0.3) is 0 Å². The van der Waals surface area contributed by atoms with Gasteiger partial charge in [0.15, 0.2) is 0 Å². The second-order valence-electron chi connectivity index (χ2n) is 4.20. The molecule has 0 saturated heterocycles. The van der Waals surface area contributed by atoms with Crippen LogP contribution in [0.1, 0.15) is 36.4 Å². The van der Waals surface area contributed by atoms with Crippen molar-refractivity contribution < 1.29 is 0 Å². The lowest BCUT2D eigenvalue weighted by molar-refractivity contribution is 0.597. The third-order valence-corrected chi connectivity index (χ3v) is 2.79. The Morgan fingerprint density at radius 1 is 1.31 bits per heavy atom. The Morgan fingerprint density at radius 3 is 2.46 bits per heavy atom. The van der Waals surface area contributed by atoms with Crippen molar-refractivity contribution in [2.75, 3.05) is 0 Å². The highest BCUT2D eigenvalue weighted by Gasteiger charge is 2.24. The van der Waals surface area contributed by atoms with E-state index in [-0.39, 0.29) is 6.04 Å². The zero-order valence-electron chi connectivity index (χ0n) is 8.16. The molecule has 1 aromatic carbocycles. The van der Waals surface area contributed by atoms with E-state index in [0.717, 1.165) is 5.92 Å². The molecule has 1 fully saturated rings. The molecule has 1 heteroatoms. The van der Waals surface area contributed by atoms with Crippen LogP contribution in [0.5, 0.6) is 0 Å². The van der Waals surface area contributed by atoms with Crippen LogP contribution in [-0.4, -0.2) is 0 Å². The monoisotopic (exact) mass is 175 g/mol. The predicted octanol–water partition coefficient (Wildman–Crippen LogP) is 2.79. The standard InChI is InChI=1S/C12H17N/c1-9-2-6-11(7-3-9)12(13)8-10-4-5-10/h2-3,6-7,10,12H,4-5,8,13H2,1H3/t12-/m1/s1. The van der Waals surface area contributed by atoms with E-state index in [4.69, 9.17) is 5.73 Å². The van der Waals surface area contributed by atoms with Crippen molar-refractivity contribution in [2.24, 2.45) is 11.7 Å². The van der Waals surface area contributed by atoms with Gasteiger partial charge in [-0.05, 0) is 24.8 Å². The van der Waals surface area contributed by atoms with E-state index in [0.29, 0.717) is 0 Å². The average molecular weight is 175 g/mol. The second-order valence-corrected chi connectivity index (χ2v) is 4.20. The Bertz CT molecular complexity index is 272. The summed E-state index contributed by atoms with van der Waals surface area (Å²) in [5, 5.41) is 0. The molecule has 0 bridgehead atoms. The van der Waals surface area contributed by atoms with Crippen LogP contribution < -0.4 is 5.73 Å². The summed E-state index contributed by atoms with van der Waals surface area (Å²) in [5.74, 6) is 0.913. The highest BCUT2D eigenvalue weighted by atomic mass is 14.6. The number of aryl methyl sites for hydroxylation is 1. The minimum Gasteiger partial charge on any atom is -0.324 e. The normalized spacial score (nSPS) is 18.6. The van der Waals surface area contributed by atoms with Gasteiger partial charge < -0.3 is 5.73 Å². The maximum atomic E-state index is 6.09. The second kappa shape index (κ2) is 3.51. The molecule has 0 amide bonds. The molecule has 0 aliphatic heterocycles. The van der Waals surface area contributed by atoms with Gasteiger partial charge in [0.05, 0.1) is 0 Å². The summed E-state index contributed by atoms with van der Waals surface area (Å²) >= 11 is 0. The first kappa shape index (κ1) is 8.76. The Labute approximate surface area is 80.0 Å². The largest absolute Gasteiger partial charge is 0.324 e. The summed E-state index contributed by atoms with van der Waals surface area (Å²) < 4.78 is 0. The lowest BCUT2D eigenvalue weighted by Gasteiger charge is -2.11. The van der Waals surface area contributed by atoms with Crippen LogP contribution >= 0.6 is 0 Å². The smallest absolute Gasteiger partial charge is 0.0297 e. The number of rotatable bonds is 3. The number of nitrogens with two attached hydrogens (primary N) is 1. The topological polar surface area (TPSA) is 26.0 Å². The molecule has 2 rings (SSSR count). The van der Waals surface area contributed by atoms with Crippen LogP contribution in [-0.2, 0) is 0 Å². The van der Waals surface area contributed by atoms with Gasteiger partial charge in [-0.3, -0.25) is 0 Å². The van der Waals surface area contributed by atoms with Crippen molar-refractivity contribution in [1.82, 2.24) is 0 Å². The molecule has 1 aliphatic rings. The minimum atomic E-state index is 0.257. The third-order valence-electron chi connectivity index (χ3n) is 2.79. The molecule has 1 atom stereocenters. The molecule has 2 N–H and O–H groups in total. The van der Waals surface area contributed by atoms with E-state index < -0.39 is 0 Å². The van der Waals surface area contributed by atoms with Gasteiger partial charge >= 0.3 is 0 Å². The zero-order chi connectivity index (χ0) is 9.26. The van der Waals surface area contributed by atoms with Crippen molar-refractivity contribution >= 4 is 0 Å². The van der Waals surface area contributed by atoms with Crippen molar-refractivity contribution in [1.29, 1.82) is 0 Å². The Hall–Kier alpha value is -0.820. The van der Waals surface area contributed by atoms with E-state index in [1.54, 1.807) is 0 Å². The van der Waals surface area contributed by atoms with Crippen LogP contribution in [0.4, 0.5) is 0 Å². The van der Waals surface area contributed by atoms with Gasteiger partial charge in [0.2, 0.25) is 0 Å². The molecular formula is C12H17N. The fourth-order valence-electron chi connectivity index (χ4n) is 1.66. The number of benzene rings is 1. The van der Waals surface area contributed by atoms with E-state index in [1.807, 2.05) is 0 Å². The number of hydrogen-bond acceptors (Lipinski definition) is 1. The van der Waals surface area contributed by atoms with Gasteiger partial charge in [-0.15, -0.1) is 0 Å². The molecule has 70 valence electrons. The molecule has 1 nitrogen and oxygen atoms in total. The summed E-state index contributed by atoms with van der Waals surface area (Å²) in [4.78, 5) is 0. The Morgan fingerprint density at radius 2 is 1.92 bits per heavy atom. The van der Waals surface area contributed by atoms with Crippen LogP contribution in [0.3, 0.4) is 0 Å². The van der Waals surface area contributed by atoms with Crippen molar-refractivity contribution in [3.05, 3.63) is 35.4 Å². The van der Waals surface area contributed by atoms with Gasteiger partial charge in [0.25, 0.3) is 0 Å². The van der Waals surface area contributed by atoms with E-state index in [1.165, 1.54) is 30.4 Å². The maximum absolute atomic E-state index is 6.09. The fraction of sp³-hybridized carbons (Fsp3) is 0.500. The first-order valence-electron chi connectivity index (χ1n) is 5.08. The Kier molecular flexibility index (Phi) is 2.36. The molecule has 0 aromatic heterocycles. The molecule has 0 heterocycles. The van der Waals surface area contributed by atoms with Crippen molar-refractivity contribution in [2.45, 2.75) is 32.2 Å². The molecule has 1 aliphatic carbocycles. The lowest BCUT2D eigenvalue weighted by Crippen LogP contribution is -2.10. The summed E-state index contributed by atoms with van der Waals surface area (Å²) in [7, 11) is 0. The molecule has 0 spiro atoms. The first-order valence-corrected chi connectivity index (χ1v) is 5.08. The third kappa shape index (κ3) is 2.31.